The van der Waals surface area contributed by atoms with Crippen molar-refractivity contribution >= 4 is 11.9 Å². The smallest absolute Gasteiger partial charge is 0.251 e. The van der Waals surface area contributed by atoms with Crippen LogP contribution in [0.1, 0.15) is 10.4 Å². The van der Waals surface area contributed by atoms with Gasteiger partial charge in [-0.25, -0.2) is 0 Å². The van der Waals surface area contributed by atoms with Gasteiger partial charge < -0.3 is 10.6 Å². The van der Waals surface area contributed by atoms with E-state index in [1.54, 1.807) is 29.2 Å². The summed E-state index contributed by atoms with van der Waals surface area (Å²) in [6.07, 6.45) is 3.17. The number of anilines is 1. The van der Waals surface area contributed by atoms with Crippen LogP contribution in [0.4, 0.5) is 5.95 Å². The third kappa shape index (κ3) is 3.67. The number of amides is 1. The largest absolute Gasteiger partial charge is 0.351 e. The summed E-state index contributed by atoms with van der Waals surface area (Å²) in [5.41, 5.74) is 1.44. The van der Waals surface area contributed by atoms with E-state index in [4.69, 9.17) is 0 Å². The molecule has 0 aliphatic carbocycles. The fourth-order valence-electron chi connectivity index (χ4n) is 2.00. The Balaban J connectivity index is 1.52. The lowest BCUT2D eigenvalue weighted by atomic mass is 10.2. The van der Waals surface area contributed by atoms with Gasteiger partial charge in [0, 0.05) is 31.0 Å². The lowest BCUT2D eigenvalue weighted by Gasteiger charge is -2.08. The highest BCUT2D eigenvalue weighted by Crippen LogP contribution is 2.09. The van der Waals surface area contributed by atoms with Crippen LogP contribution >= 0.6 is 0 Å². The first-order chi connectivity index (χ1) is 11.3. The van der Waals surface area contributed by atoms with Gasteiger partial charge in [-0.1, -0.05) is 23.3 Å². The zero-order valence-corrected chi connectivity index (χ0v) is 12.3. The van der Waals surface area contributed by atoms with Crippen LogP contribution in [0.3, 0.4) is 0 Å². The molecule has 0 atom stereocenters. The quantitative estimate of drug-likeness (QED) is 0.657. The number of rotatable bonds is 6. The van der Waals surface area contributed by atoms with Crippen LogP contribution < -0.4 is 10.6 Å². The summed E-state index contributed by atoms with van der Waals surface area (Å²) in [5, 5.41) is 17.5. The summed E-state index contributed by atoms with van der Waals surface area (Å²) < 4.78 is 1.60. The van der Waals surface area contributed by atoms with Gasteiger partial charge in [0.25, 0.3) is 5.91 Å². The van der Waals surface area contributed by atoms with E-state index in [-0.39, 0.29) is 5.91 Å². The lowest BCUT2D eigenvalue weighted by molar-refractivity contribution is 0.0955. The standard InChI is InChI=1S/C15H15N7O/c23-14(12-6-8-16-9-7-12)17-10-11-18-15-19-20-21-22(15)13-4-2-1-3-5-13/h1-9H,10-11H2,(H,17,23)(H,18,19,21). The highest BCUT2D eigenvalue weighted by atomic mass is 16.1. The Morgan fingerprint density at radius 1 is 1.04 bits per heavy atom. The molecule has 0 fully saturated rings. The van der Waals surface area contributed by atoms with Gasteiger partial charge in [-0.2, -0.15) is 4.68 Å². The molecule has 0 aliphatic heterocycles. The molecule has 0 saturated heterocycles. The van der Waals surface area contributed by atoms with Crippen molar-refractivity contribution in [2.24, 2.45) is 0 Å². The average molecular weight is 309 g/mol. The second kappa shape index (κ2) is 7.12. The molecule has 2 N–H and O–H groups in total. The molecule has 23 heavy (non-hydrogen) atoms. The van der Waals surface area contributed by atoms with Gasteiger partial charge in [0.2, 0.25) is 5.95 Å². The van der Waals surface area contributed by atoms with Gasteiger partial charge in [0.05, 0.1) is 5.69 Å². The van der Waals surface area contributed by atoms with Gasteiger partial charge >= 0.3 is 0 Å². The molecule has 116 valence electrons. The number of hydrogen-bond acceptors (Lipinski definition) is 6. The maximum absolute atomic E-state index is 11.9. The minimum Gasteiger partial charge on any atom is -0.351 e. The van der Waals surface area contributed by atoms with E-state index in [2.05, 4.69) is 31.1 Å². The van der Waals surface area contributed by atoms with E-state index >= 15 is 0 Å². The number of carbonyl (C=O) groups is 1. The summed E-state index contributed by atoms with van der Waals surface area (Å²) >= 11 is 0. The van der Waals surface area contributed by atoms with Gasteiger partial charge in [-0.05, 0) is 34.7 Å². The molecule has 3 rings (SSSR count). The van der Waals surface area contributed by atoms with Crippen molar-refractivity contribution in [2.45, 2.75) is 0 Å². The SMILES string of the molecule is O=C(NCCNc1nnnn1-c1ccccc1)c1ccncc1. The Hall–Kier alpha value is -3.29. The molecule has 3 aromatic rings. The van der Waals surface area contributed by atoms with Gasteiger partial charge in [0.15, 0.2) is 0 Å². The molecule has 0 saturated carbocycles. The van der Waals surface area contributed by atoms with Crippen molar-refractivity contribution in [1.29, 1.82) is 0 Å². The lowest BCUT2D eigenvalue weighted by Crippen LogP contribution is -2.29. The number of aromatic nitrogens is 5. The maximum atomic E-state index is 11.9. The zero-order chi connectivity index (χ0) is 15.9. The van der Waals surface area contributed by atoms with Gasteiger partial charge in [-0.3, -0.25) is 9.78 Å². The molecule has 8 nitrogen and oxygen atoms in total. The molecule has 0 spiro atoms. The van der Waals surface area contributed by atoms with E-state index in [1.807, 2.05) is 30.3 Å². The molecule has 1 amide bonds. The predicted molar refractivity (Wildman–Crippen MR) is 84.2 cm³/mol. The number of para-hydroxylation sites is 1. The Morgan fingerprint density at radius 3 is 2.61 bits per heavy atom. The molecule has 8 heteroatoms. The predicted octanol–water partition coefficient (Wildman–Crippen LogP) is 0.899. The molecule has 1 aromatic carbocycles. The summed E-state index contributed by atoms with van der Waals surface area (Å²) in [4.78, 5) is 15.8. The molecule has 0 aliphatic rings. The van der Waals surface area contributed by atoms with Crippen LogP contribution in [0, 0.1) is 0 Å². The zero-order valence-electron chi connectivity index (χ0n) is 12.3. The number of carbonyl (C=O) groups excluding carboxylic acids is 1. The van der Waals surface area contributed by atoms with Gasteiger partial charge in [-0.15, -0.1) is 0 Å². The van der Waals surface area contributed by atoms with Crippen molar-refractivity contribution in [3.05, 3.63) is 60.4 Å². The Kier molecular flexibility index (Phi) is 4.53. The number of benzene rings is 1. The summed E-state index contributed by atoms with van der Waals surface area (Å²) in [6, 6.07) is 12.9. The first-order valence-electron chi connectivity index (χ1n) is 7.10. The first kappa shape index (κ1) is 14.6. The fraction of sp³-hybridized carbons (Fsp3) is 0.133. The van der Waals surface area contributed by atoms with Crippen molar-refractivity contribution < 1.29 is 4.79 Å². The number of hydrogen-bond donors (Lipinski definition) is 2. The third-order valence-electron chi connectivity index (χ3n) is 3.11. The Bertz CT molecular complexity index is 758. The molecule has 0 unspecified atom stereocenters. The number of nitrogens with zero attached hydrogens (tertiary/aromatic N) is 5. The third-order valence-corrected chi connectivity index (χ3v) is 3.11. The van der Waals surface area contributed by atoms with Crippen LogP contribution in [0.15, 0.2) is 54.9 Å². The Labute approximate surface area is 132 Å². The van der Waals surface area contributed by atoms with Crippen LogP contribution in [0.2, 0.25) is 0 Å². The number of tetrazole rings is 1. The minimum atomic E-state index is -0.142. The molecule has 0 radical (unpaired) electrons. The van der Waals surface area contributed by atoms with Crippen LogP contribution in [-0.2, 0) is 0 Å². The van der Waals surface area contributed by atoms with E-state index in [0.717, 1.165) is 5.69 Å². The summed E-state index contributed by atoms with van der Waals surface area (Å²) in [6.45, 7) is 0.951. The van der Waals surface area contributed by atoms with E-state index in [1.165, 1.54) is 0 Å². The topological polar surface area (TPSA) is 97.6 Å². The minimum absolute atomic E-state index is 0.142. The number of nitrogens with one attached hydrogen (secondary N) is 2. The highest BCUT2D eigenvalue weighted by Gasteiger charge is 2.07. The second-order valence-corrected chi connectivity index (χ2v) is 4.67. The monoisotopic (exact) mass is 309 g/mol. The van der Waals surface area contributed by atoms with E-state index < -0.39 is 0 Å². The molecule has 0 bridgehead atoms. The Morgan fingerprint density at radius 2 is 1.83 bits per heavy atom. The molecule has 2 aromatic heterocycles. The second-order valence-electron chi connectivity index (χ2n) is 4.67. The van der Waals surface area contributed by atoms with Crippen molar-refractivity contribution in [3.8, 4) is 5.69 Å². The van der Waals surface area contributed by atoms with Crippen molar-refractivity contribution in [1.82, 2.24) is 30.5 Å². The van der Waals surface area contributed by atoms with E-state index in [9.17, 15) is 4.79 Å². The normalized spacial score (nSPS) is 10.3. The van der Waals surface area contributed by atoms with Crippen molar-refractivity contribution in [3.63, 3.8) is 0 Å². The number of pyridine rings is 1. The highest BCUT2D eigenvalue weighted by molar-refractivity contribution is 5.93. The fourth-order valence-corrected chi connectivity index (χ4v) is 2.00. The van der Waals surface area contributed by atoms with Crippen LogP contribution in [-0.4, -0.2) is 44.2 Å². The summed E-state index contributed by atoms with van der Waals surface area (Å²) in [5.74, 6) is 0.381. The van der Waals surface area contributed by atoms with Crippen LogP contribution in [0.25, 0.3) is 5.69 Å². The average Bonchev–Trinajstić information content (AvgIpc) is 3.08. The summed E-state index contributed by atoms with van der Waals surface area (Å²) in [7, 11) is 0. The van der Waals surface area contributed by atoms with Crippen LogP contribution in [0.5, 0.6) is 0 Å². The first-order valence-corrected chi connectivity index (χ1v) is 7.10. The van der Waals surface area contributed by atoms with E-state index in [0.29, 0.717) is 24.6 Å². The maximum Gasteiger partial charge on any atom is 0.251 e. The molecular weight excluding hydrogens is 294 g/mol. The molecule has 2 heterocycles. The van der Waals surface area contributed by atoms with Crippen molar-refractivity contribution in [2.75, 3.05) is 18.4 Å². The molecular formula is C15H15N7O. The van der Waals surface area contributed by atoms with Gasteiger partial charge in [0.1, 0.15) is 0 Å².